The smallest absolute Gasteiger partial charge is 0.226 e. The van der Waals surface area contributed by atoms with Gasteiger partial charge in [0.05, 0.1) is 23.0 Å². The monoisotopic (exact) mass is 318 g/mol. The average molecular weight is 318 g/mol. The topological polar surface area (TPSA) is 70.7 Å². The Hall–Kier alpha value is -1.99. The summed E-state index contributed by atoms with van der Waals surface area (Å²) in [5.41, 5.74) is 0.799. The van der Waals surface area contributed by atoms with Gasteiger partial charge in [-0.1, -0.05) is 6.07 Å². The number of hydrogen-bond acceptors (Lipinski definition) is 5. The summed E-state index contributed by atoms with van der Waals surface area (Å²) in [5.74, 6) is 0.697. The molecular formula is C14H14N4OS2. The third kappa shape index (κ3) is 3.37. The lowest BCUT2D eigenvalue weighted by Gasteiger charge is -2.10. The Kier molecular flexibility index (Phi) is 4.12. The van der Waals surface area contributed by atoms with Crippen LogP contribution in [0.1, 0.15) is 24.5 Å². The molecule has 0 bridgehead atoms. The van der Waals surface area contributed by atoms with Gasteiger partial charge in [-0.05, 0) is 18.4 Å². The van der Waals surface area contributed by atoms with Gasteiger partial charge in [0.25, 0.3) is 0 Å². The number of amides is 1. The lowest BCUT2D eigenvalue weighted by molar-refractivity contribution is -0.121. The molecule has 1 atom stereocenters. The fraction of sp³-hybridized carbons (Fsp3) is 0.214. The van der Waals surface area contributed by atoms with Gasteiger partial charge in [-0.3, -0.25) is 4.79 Å². The molecule has 3 aromatic rings. The van der Waals surface area contributed by atoms with E-state index >= 15 is 0 Å². The van der Waals surface area contributed by atoms with Crippen LogP contribution in [0.3, 0.4) is 0 Å². The normalized spacial score (nSPS) is 12.2. The molecule has 2 N–H and O–H groups in total. The predicted octanol–water partition coefficient (Wildman–Crippen LogP) is 3.01. The largest absolute Gasteiger partial charge is 0.347 e. The maximum absolute atomic E-state index is 12.0. The number of carbonyl (C=O) groups excluding carboxylic acids is 1. The number of rotatable bonds is 5. The minimum absolute atomic E-state index is 0.0538. The number of hydrogen-bond donors (Lipinski definition) is 2. The number of imidazole rings is 1. The predicted molar refractivity (Wildman–Crippen MR) is 84.3 cm³/mol. The van der Waals surface area contributed by atoms with Crippen molar-refractivity contribution in [3.8, 4) is 9.88 Å². The van der Waals surface area contributed by atoms with E-state index in [0.29, 0.717) is 0 Å². The summed E-state index contributed by atoms with van der Waals surface area (Å²) < 4.78 is 0. The maximum Gasteiger partial charge on any atom is 0.226 e. The first-order chi connectivity index (χ1) is 10.2. The summed E-state index contributed by atoms with van der Waals surface area (Å²) in [6, 6.07) is 3.90. The van der Waals surface area contributed by atoms with E-state index < -0.39 is 0 Å². The highest BCUT2D eigenvalue weighted by atomic mass is 32.1. The van der Waals surface area contributed by atoms with Crippen LogP contribution in [0, 0.1) is 0 Å². The molecule has 0 aliphatic heterocycles. The first kappa shape index (κ1) is 14.0. The van der Waals surface area contributed by atoms with Crippen LogP contribution in [0.2, 0.25) is 0 Å². The van der Waals surface area contributed by atoms with Crippen molar-refractivity contribution in [1.82, 2.24) is 20.3 Å². The third-order valence-corrected chi connectivity index (χ3v) is 4.86. The molecule has 3 rings (SSSR count). The number of thiazole rings is 1. The summed E-state index contributed by atoms with van der Waals surface area (Å²) in [5, 5.41) is 7.83. The summed E-state index contributed by atoms with van der Waals surface area (Å²) >= 11 is 3.22. The van der Waals surface area contributed by atoms with Gasteiger partial charge in [0.15, 0.2) is 0 Å². The summed E-state index contributed by atoms with van der Waals surface area (Å²) in [6.07, 6.45) is 3.70. The van der Waals surface area contributed by atoms with Gasteiger partial charge in [-0.2, -0.15) is 0 Å². The van der Waals surface area contributed by atoms with Crippen molar-refractivity contribution in [2.24, 2.45) is 0 Å². The molecule has 3 heterocycles. The summed E-state index contributed by atoms with van der Waals surface area (Å²) in [4.78, 5) is 24.8. The fourth-order valence-electron chi connectivity index (χ4n) is 1.94. The molecule has 21 heavy (non-hydrogen) atoms. The zero-order valence-corrected chi connectivity index (χ0v) is 13.0. The second-order valence-electron chi connectivity index (χ2n) is 4.56. The lowest BCUT2D eigenvalue weighted by atomic mass is 10.2. The van der Waals surface area contributed by atoms with Crippen LogP contribution < -0.4 is 5.32 Å². The van der Waals surface area contributed by atoms with Gasteiger partial charge < -0.3 is 10.3 Å². The highest BCUT2D eigenvalue weighted by molar-refractivity contribution is 7.20. The molecule has 0 aromatic carbocycles. The minimum atomic E-state index is -0.136. The van der Waals surface area contributed by atoms with Crippen molar-refractivity contribution in [3.63, 3.8) is 0 Å². The Balaban J connectivity index is 1.60. The molecular weight excluding hydrogens is 304 g/mol. The number of aromatic nitrogens is 3. The molecule has 1 unspecified atom stereocenters. The van der Waals surface area contributed by atoms with Crippen LogP contribution in [0.4, 0.5) is 0 Å². The van der Waals surface area contributed by atoms with Crippen LogP contribution in [-0.4, -0.2) is 20.9 Å². The summed E-state index contributed by atoms with van der Waals surface area (Å²) in [7, 11) is 0. The molecule has 0 aliphatic rings. The lowest BCUT2D eigenvalue weighted by Crippen LogP contribution is -2.28. The highest BCUT2D eigenvalue weighted by Crippen LogP contribution is 2.27. The van der Waals surface area contributed by atoms with Gasteiger partial charge in [0.2, 0.25) is 5.91 Å². The second kappa shape index (κ2) is 6.19. The molecule has 0 spiro atoms. The van der Waals surface area contributed by atoms with Gasteiger partial charge in [-0.25, -0.2) is 9.97 Å². The molecule has 1 amide bonds. The van der Waals surface area contributed by atoms with E-state index in [9.17, 15) is 4.79 Å². The quantitative estimate of drug-likeness (QED) is 0.759. The van der Waals surface area contributed by atoms with E-state index in [1.165, 1.54) is 0 Å². The Morgan fingerprint density at radius 3 is 3.10 bits per heavy atom. The number of nitrogens with zero attached hydrogens (tertiary/aromatic N) is 2. The Morgan fingerprint density at radius 1 is 1.48 bits per heavy atom. The van der Waals surface area contributed by atoms with Crippen molar-refractivity contribution in [2.75, 3.05) is 0 Å². The number of thiophene rings is 1. The van der Waals surface area contributed by atoms with Gasteiger partial charge in [-0.15, -0.1) is 22.7 Å². The van der Waals surface area contributed by atoms with Gasteiger partial charge >= 0.3 is 0 Å². The molecule has 3 aromatic heterocycles. The molecule has 0 radical (unpaired) electrons. The summed E-state index contributed by atoms with van der Waals surface area (Å²) in [6.45, 7) is 1.90. The van der Waals surface area contributed by atoms with Crippen LogP contribution >= 0.6 is 22.7 Å². The van der Waals surface area contributed by atoms with Crippen LogP contribution in [0.15, 0.2) is 35.3 Å². The molecule has 5 nitrogen and oxygen atoms in total. The van der Waals surface area contributed by atoms with E-state index in [1.54, 1.807) is 35.1 Å². The van der Waals surface area contributed by atoms with Gasteiger partial charge in [0, 0.05) is 17.8 Å². The zero-order valence-electron chi connectivity index (χ0n) is 11.4. The number of nitrogens with one attached hydrogen (secondary N) is 2. The zero-order chi connectivity index (χ0) is 14.7. The Bertz CT molecular complexity index is 703. The van der Waals surface area contributed by atoms with E-state index in [2.05, 4.69) is 20.3 Å². The van der Waals surface area contributed by atoms with Gasteiger partial charge in [0.1, 0.15) is 10.8 Å². The van der Waals surface area contributed by atoms with Crippen molar-refractivity contribution < 1.29 is 4.79 Å². The molecule has 0 saturated carbocycles. The van der Waals surface area contributed by atoms with Crippen LogP contribution in [0.5, 0.6) is 0 Å². The SMILES string of the molecule is CC(NC(=O)Cc1csc(-c2cccs2)n1)c1ncc[nH]1. The first-order valence-corrected chi connectivity index (χ1v) is 8.25. The van der Waals surface area contributed by atoms with Crippen molar-refractivity contribution in [1.29, 1.82) is 0 Å². The van der Waals surface area contributed by atoms with Crippen molar-refractivity contribution in [3.05, 3.63) is 46.8 Å². The number of aromatic amines is 1. The van der Waals surface area contributed by atoms with E-state index in [0.717, 1.165) is 21.4 Å². The fourth-order valence-corrected chi connectivity index (χ4v) is 3.58. The minimum Gasteiger partial charge on any atom is -0.347 e. The number of H-pyrrole nitrogens is 1. The molecule has 0 aliphatic carbocycles. The van der Waals surface area contributed by atoms with E-state index in [4.69, 9.17) is 0 Å². The third-order valence-electron chi connectivity index (χ3n) is 2.93. The average Bonchev–Trinajstić information content (AvgIpc) is 3.21. The Labute approximate surface area is 130 Å². The molecule has 108 valence electrons. The van der Waals surface area contributed by atoms with Crippen molar-refractivity contribution in [2.45, 2.75) is 19.4 Å². The molecule has 0 saturated heterocycles. The van der Waals surface area contributed by atoms with E-state index in [-0.39, 0.29) is 18.4 Å². The molecule has 0 fully saturated rings. The second-order valence-corrected chi connectivity index (χ2v) is 6.37. The van der Waals surface area contributed by atoms with Crippen molar-refractivity contribution >= 4 is 28.6 Å². The number of carbonyl (C=O) groups is 1. The van der Waals surface area contributed by atoms with Crippen LogP contribution in [0.25, 0.3) is 9.88 Å². The Morgan fingerprint density at radius 2 is 2.38 bits per heavy atom. The maximum atomic E-state index is 12.0. The molecule has 7 heteroatoms. The standard InChI is InChI=1S/C14H14N4OS2/c1-9(13-15-4-5-16-13)17-12(19)7-10-8-21-14(18-10)11-3-2-6-20-11/h2-6,8-9H,7H2,1H3,(H,15,16)(H,17,19). The van der Waals surface area contributed by atoms with Crippen LogP contribution in [-0.2, 0) is 11.2 Å². The van der Waals surface area contributed by atoms with E-state index in [1.807, 2.05) is 29.8 Å². The highest BCUT2D eigenvalue weighted by Gasteiger charge is 2.14. The first-order valence-electron chi connectivity index (χ1n) is 6.49.